The standard InChI is InChI=1S/C11H14N4/c12-3-4-14-5-6-15-10(8-14)7-11(13-15)9-1-2-9/h7,9H,1-2,4-6,8H2. The summed E-state index contributed by atoms with van der Waals surface area (Å²) in [6, 6.07) is 4.43. The van der Waals surface area contributed by atoms with Crippen LogP contribution in [0.25, 0.3) is 0 Å². The lowest BCUT2D eigenvalue weighted by atomic mass is 10.2. The Hall–Kier alpha value is -1.34. The molecule has 0 amide bonds. The van der Waals surface area contributed by atoms with E-state index in [1.165, 1.54) is 24.2 Å². The second-order valence-electron chi connectivity index (χ2n) is 4.43. The molecule has 78 valence electrons. The number of hydrogen-bond acceptors (Lipinski definition) is 3. The van der Waals surface area contributed by atoms with Gasteiger partial charge < -0.3 is 0 Å². The van der Waals surface area contributed by atoms with Crippen LogP contribution in [0, 0.1) is 11.3 Å². The topological polar surface area (TPSA) is 44.9 Å². The highest BCUT2D eigenvalue weighted by molar-refractivity contribution is 5.19. The first-order valence-corrected chi connectivity index (χ1v) is 5.53. The summed E-state index contributed by atoms with van der Waals surface area (Å²) < 4.78 is 2.11. The van der Waals surface area contributed by atoms with E-state index in [0.29, 0.717) is 6.54 Å². The van der Waals surface area contributed by atoms with E-state index in [1.54, 1.807) is 0 Å². The van der Waals surface area contributed by atoms with Crippen LogP contribution in [0.4, 0.5) is 0 Å². The van der Waals surface area contributed by atoms with Crippen LogP contribution >= 0.6 is 0 Å². The summed E-state index contributed by atoms with van der Waals surface area (Å²) in [5.74, 6) is 0.729. The van der Waals surface area contributed by atoms with E-state index in [4.69, 9.17) is 5.26 Å². The maximum Gasteiger partial charge on any atom is 0.0870 e. The van der Waals surface area contributed by atoms with Crippen LogP contribution in [-0.2, 0) is 13.1 Å². The molecule has 0 unspecified atom stereocenters. The highest BCUT2D eigenvalue weighted by Gasteiger charge is 2.28. The van der Waals surface area contributed by atoms with Gasteiger partial charge in [-0.25, -0.2) is 0 Å². The van der Waals surface area contributed by atoms with Gasteiger partial charge in [-0.1, -0.05) is 0 Å². The molecule has 1 aromatic rings. The zero-order chi connectivity index (χ0) is 10.3. The Bertz CT molecular complexity index is 411. The SMILES string of the molecule is N#CCN1CCn2nc(C3CC3)cc2C1. The number of rotatable bonds is 2. The molecule has 0 aromatic carbocycles. The second kappa shape index (κ2) is 3.35. The maximum absolute atomic E-state index is 8.66. The van der Waals surface area contributed by atoms with E-state index < -0.39 is 0 Å². The lowest BCUT2D eigenvalue weighted by Gasteiger charge is -2.24. The molecule has 1 aromatic heterocycles. The van der Waals surface area contributed by atoms with Crippen LogP contribution in [0.1, 0.15) is 30.1 Å². The summed E-state index contributed by atoms with van der Waals surface area (Å²) in [6.45, 7) is 3.30. The molecule has 1 fully saturated rings. The molecule has 0 saturated heterocycles. The molecule has 3 rings (SSSR count). The third-order valence-electron chi connectivity index (χ3n) is 3.19. The minimum absolute atomic E-state index is 0.532. The smallest absolute Gasteiger partial charge is 0.0870 e. The van der Waals surface area contributed by atoms with Crippen molar-refractivity contribution in [1.82, 2.24) is 14.7 Å². The van der Waals surface area contributed by atoms with Crippen LogP contribution in [0.2, 0.25) is 0 Å². The van der Waals surface area contributed by atoms with E-state index in [1.807, 2.05) is 0 Å². The van der Waals surface area contributed by atoms with Crippen molar-refractivity contribution in [2.45, 2.75) is 31.8 Å². The van der Waals surface area contributed by atoms with Gasteiger partial charge in [0, 0.05) is 19.0 Å². The van der Waals surface area contributed by atoms with Gasteiger partial charge in [0.25, 0.3) is 0 Å². The van der Waals surface area contributed by atoms with E-state index in [2.05, 4.69) is 26.8 Å². The Kier molecular flexibility index (Phi) is 2.00. The summed E-state index contributed by atoms with van der Waals surface area (Å²) >= 11 is 0. The van der Waals surface area contributed by atoms with Gasteiger partial charge in [-0.05, 0) is 18.9 Å². The molecule has 2 heterocycles. The normalized spacial score (nSPS) is 21.0. The second-order valence-corrected chi connectivity index (χ2v) is 4.43. The number of fused-ring (bicyclic) bond motifs is 1. The molecular formula is C11H14N4. The van der Waals surface area contributed by atoms with Crippen molar-refractivity contribution < 1.29 is 0 Å². The molecule has 2 aliphatic rings. The zero-order valence-corrected chi connectivity index (χ0v) is 8.69. The molecule has 4 heteroatoms. The zero-order valence-electron chi connectivity index (χ0n) is 8.69. The van der Waals surface area contributed by atoms with Crippen LogP contribution in [0.3, 0.4) is 0 Å². The molecule has 0 bridgehead atoms. The first-order valence-electron chi connectivity index (χ1n) is 5.53. The van der Waals surface area contributed by atoms with Crippen molar-refractivity contribution in [3.63, 3.8) is 0 Å². The summed E-state index contributed by atoms with van der Waals surface area (Å²) in [5, 5.41) is 13.3. The first-order chi connectivity index (χ1) is 7.36. The largest absolute Gasteiger partial charge is 0.283 e. The summed E-state index contributed by atoms with van der Waals surface area (Å²) in [4.78, 5) is 2.17. The highest BCUT2D eigenvalue weighted by Crippen LogP contribution is 2.39. The van der Waals surface area contributed by atoms with Gasteiger partial charge in [0.05, 0.1) is 30.5 Å². The molecule has 1 aliphatic heterocycles. The third-order valence-corrected chi connectivity index (χ3v) is 3.19. The Morgan fingerprint density at radius 2 is 2.33 bits per heavy atom. The fourth-order valence-electron chi connectivity index (χ4n) is 2.16. The van der Waals surface area contributed by atoms with Crippen LogP contribution in [0.15, 0.2) is 6.07 Å². The van der Waals surface area contributed by atoms with Crippen LogP contribution < -0.4 is 0 Å². The quantitative estimate of drug-likeness (QED) is 0.674. The molecule has 15 heavy (non-hydrogen) atoms. The van der Waals surface area contributed by atoms with Gasteiger partial charge in [0.2, 0.25) is 0 Å². The fourth-order valence-corrected chi connectivity index (χ4v) is 2.16. The Morgan fingerprint density at radius 1 is 1.47 bits per heavy atom. The Morgan fingerprint density at radius 3 is 3.07 bits per heavy atom. The van der Waals surface area contributed by atoms with Crippen molar-refractivity contribution in [2.24, 2.45) is 0 Å². The summed E-state index contributed by atoms with van der Waals surface area (Å²) in [6.07, 6.45) is 2.61. The van der Waals surface area contributed by atoms with Crippen molar-refractivity contribution in [1.29, 1.82) is 5.26 Å². The van der Waals surface area contributed by atoms with E-state index in [9.17, 15) is 0 Å². The Balaban J connectivity index is 1.80. The van der Waals surface area contributed by atoms with Crippen LogP contribution in [-0.4, -0.2) is 27.8 Å². The summed E-state index contributed by atoms with van der Waals surface area (Å²) in [7, 11) is 0. The maximum atomic E-state index is 8.66. The van der Waals surface area contributed by atoms with Gasteiger partial charge in [-0.2, -0.15) is 10.4 Å². The highest BCUT2D eigenvalue weighted by atomic mass is 15.3. The van der Waals surface area contributed by atoms with Crippen LogP contribution in [0.5, 0.6) is 0 Å². The Labute approximate surface area is 89.1 Å². The fraction of sp³-hybridized carbons (Fsp3) is 0.636. The van der Waals surface area contributed by atoms with Gasteiger partial charge in [-0.15, -0.1) is 0 Å². The number of nitrogens with zero attached hydrogens (tertiary/aromatic N) is 4. The average Bonchev–Trinajstić information content (AvgIpc) is 2.99. The van der Waals surface area contributed by atoms with Gasteiger partial charge in [-0.3, -0.25) is 9.58 Å². The van der Waals surface area contributed by atoms with Crippen molar-refractivity contribution in [2.75, 3.05) is 13.1 Å². The van der Waals surface area contributed by atoms with Gasteiger partial charge >= 0.3 is 0 Å². The van der Waals surface area contributed by atoms with Crippen molar-refractivity contribution in [3.8, 4) is 6.07 Å². The lowest BCUT2D eigenvalue weighted by molar-refractivity contribution is 0.237. The van der Waals surface area contributed by atoms with Crippen molar-refractivity contribution >= 4 is 0 Å². The predicted octanol–water partition coefficient (Wildman–Crippen LogP) is 1.10. The predicted molar refractivity (Wildman–Crippen MR) is 55.1 cm³/mol. The monoisotopic (exact) mass is 202 g/mol. The molecule has 0 spiro atoms. The lowest BCUT2D eigenvalue weighted by Crippen LogP contribution is -2.33. The molecule has 4 nitrogen and oxygen atoms in total. The van der Waals surface area contributed by atoms with Gasteiger partial charge in [0.1, 0.15) is 0 Å². The number of hydrogen-bond donors (Lipinski definition) is 0. The molecule has 0 N–H and O–H groups in total. The van der Waals surface area contributed by atoms with Crippen molar-refractivity contribution in [3.05, 3.63) is 17.5 Å². The first kappa shape index (κ1) is 8.93. The molecule has 0 atom stereocenters. The molecular weight excluding hydrogens is 188 g/mol. The molecule has 0 radical (unpaired) electrons. The molecule has 1 aliphatic carbocycles. The minimum atomic E-state index is 0.532. The van der Waals surface area contributed by atoms with E-state index in [0.717, 1.165) is 25.6 Å². The van der Waals surface area contributed by atoms with Gasteiger partial charge in [0.15, 0.2) is 0 Å². The average molecular weight is 202 g/mol. The van der Waals surface area contributed by atoms with E-state index in [-0.39, 0.29) is 0 Å². The third kappa shape index (κ3) is 1.64. The van der Waals surface area contributed by atoms with E-state index >= 15 is 0 Å². The minimum Gasteiger partial charge on any atom is -0.283 e. The number of nitriles is 1. The summed E-state index contributed by atoms with van der Waals surface area (Å²) in [5.41, 5.74) is 2.54. The number of aromatic nitrogens is 2. The molecule has 1 saturated carbocycles.